The second-order valence-electron chi connectivity index (χ2n) is 5.64. The molecule has 0 saturated heterocycles. The van der Waals surface area contributed by atoms with Crippen LogP contribution in [0.5, 0.6) is 0 Å². The lowest BCUT2D eigenvalue weighted by atomic mass is 10.0. The van der Waals surface area contributed by atoms with Gasteiger partial charge in [-0.25, -0.2) is 0 Å². The summed E-state index contributed by atoms with van der Waals surface area (Å²) in [5.41, 5.74) is 1.69. The SMILES string of the molecule is Cc1ccc(C(=O)N(C)C(C)(C)CO)cc1C#CCCO. The fraction of sp³-hybridized carbons (Fsp3) is 0.471. The van der Waals surface area contributed by atoms with Crippen LogP contribution in [0, 0.1) is 18.8 Å². The number of amides is 1. The Labute approximate surface area is 126 Å². The molecule has 0 unspecified atom stereocenters. The lowest BCUT2D eigenvalue weighted by molar-refractivity contribution is 0.0473. The van der Waals surface area contributed by atoms with Crippen LogP contribution in [0.15, 0.2) is 18.2 Å². The van der Waals surface area contributed by atoms with Gasteiger partial charge in [0.15, 0.2) is 0 Å². The van der Waals surface area contributed by atoms with Gasteiger partial charge in [-0.3, -0.25) is 4.79 Å². The first-order chi connectivity index (χ1) is 9.83. The Morgan fingerprint density at radius 1 is 1.33 bits per heavy atom. The summed E-state index contributed by atoms with van der Waals surface area (Å²) in [6, 6.07) is 5.38. The highest BCUT2D eigenvalue weighted by molar-refractivity contribution is 5.95. The highest BCUT2D eigenvalue weighted by atomic mass is 16.3. The highest BCUT2D eigenvalue weighted by Crippen LogP contribution is 2.17. The maximum atomic E-state index is 12.5. The van der Waals surface area contributed by atoms with Gasteiger partial charge in [0.25, 0.3) is 5.91 Å². The minimum atomic E-state index is -0.620. The van der Waals surface area contributed by atoms with Gasteiger partial charge in [0.1, 0.15) is 0 Å². The van der Waals surface area contributed by atoms with Gasteiger partial charge in [-0.15, -0.1) is 0 Å². The van der Waals surface area contributed by atoms with Crippen molar-refractivity contribution in [2.24, 2.45) is 0 Å². The molecule has 0 aliphatic carbocycles. The summed E-state index contributed by atoms with van der Waals surface area (Å²) in [6.45, 7) is 5.46. The molecule has 0 aliphatic heterocycles. The number of benzene rings is 1. The summed E-state index contributed by atoms with van der Waals surface area (Å²) in [7, 11) is 1.68. The summed E-state index contributed by atoms with van der Waals surface area (Å²) in [6.07, 6.45) is 0.412. The largest absolute Gasteiger partial charge is 0.395 e. The van der Waals surface area contributed by atoms with Crippen molar-refractivity contribution in [1.82, 2.24) is 4.90 Å². The number of carbonyl (C=O) groups excluding carboxylic acids is 1. The molecule has 0 spiro atoms. The zero-order chi connectivity index (χ0) is 16.0. The number of hydrogen-bond acceptors (Lipinski definition) is 3. The van der Waals surface area contributed by atoms with E-state index in [0.717, 1.165) is 11.1 Å². The molecule has 21 heavy (non-hydrogen) atoms. The van der Waals surface area contributed by atoms with Crippen LogP contribution in [-0.4, -0.2) is 46.8 Å². The van der Waals surface area contributed by atoms with Crippen molar-refractivity contribution in [2.75, 3.05) is 20.3 Å². The molecule has 0 bridgehead atoms. The molecule has 114 valence electrons. The van der Waals surface area contributed by atoms with E-state index in [1.165, 1.54) is 4.90 Å². The quantitative estimate of drug-likeness (QED) is 0.827. The predicted octanol–water partition coefficient (Wildman–Crippen LogP) is 1.57. The molecule has 1 aromatic carbocycles. The van der Waals surface area contributed by atoms with Crippen molar-refractivity contribution < 1.29 is 15.0 Å². The first-order valence-corrected chi connectivity index (χ1v) is 6.93. The molecule has 1 aromatic rings. The van der Waals surface area contributed by atoms with E-state index in [-0.39, 0.29) is 19.1 Å². The predicted molar refractivity (Wildman–Crippen MR) is 83.0 cm³/mol. The van der Waals surface area contributed by atoms with Crippen LogP contribution in [0.3, 0.4) is 0 Å². The first-order valence-electron chi connectivity index (χ1n) is 6.93. The van der Waals surface area contributed by atoms with Crippen molar-refractivity contribution in [3.8, 4) is 11.8 Å². The molecule has 0 atom stereocenters. The van der Waals surface area contributed by atoms with Gasteiger partial charge in [-0.1, -0.05) is 17.9 Å². The number of aliphatic hydroxyl groups excluding tert-OH is 2. The maximum absolute atomic E-state index is 12.5. The topological polar surface area (TPSA) is 60.8 Å². The number of likely N-dealkylation sites (N-methyl/N-ethyl adjacent to an activating group) is 1. The number of rotatable bonds is 4. The van der Waals surface area contributed by atoms with E-state index in [0.29, 0.717) is 12.0 Å². The van der Waals surface area contributed by atoms with Crippen molar-refractivity contribution in [2.45, 2.75) is 32.7 Å². The van der Waals surface area contributed by atoms with Crippen LogP contribution < -0.4 is 0 Å². The highest BCUT2D eigenvalue weighted by Gasteiger charge is 2.27. The van der Waals surface area contributed by atoms with E-state index in [4.69, 9.17) is 5.11 Å². The van der Waals surface area contributed by atoms with Crippen LogP contribution >= 0.6 is 0 Å². The second-order valence-corrected chi connectivity index (χ2v) is 5.64. The van der Waals surface area contributed by atoms with E-state index in [1.54, 1.807) is 33.0 Å². The smallest absolute Gasteiger partial charge is 0.254 e. The second kappa shape index (κ2) is 7.26. The fourth-order valence-corrected chi connectivity index (χ4v) is 1.68. The lowest BCUT2D eigenvalue weighted by Gasteiger charge is -2.34. The van der Waals surface area contributed by atoms with E-state index >= 15 is 0 Å². The van der Waals surface area contributed by atoms with Crippen LogP contribution in [-0.2, 0) is 0 Å². The van der Waals surface area contributed by atoms with E-state index in [2.05, 4.69) is 11.8 Å². The Bertz CT molecular complexity index is 567. The number of hydrogen-bond donors (Lipinski definition) is 2. The number of nitrogens with zero attached hydrogens (tertiary/aromatic N) is 1. The molecule has 0 heterocycles. The molecule has 0 aromatic heterocycles. The average molecular weight is 289 g/mol. The van der Waals surface area contributed by atoms with E-state index in [1.807, 2.05) is 13.0 Å². The molecule has 0 saturated carbocycles. The monoisotopic (exact) mass is 289 g/mol. The van der Waals surface area contributed by atoms with Gasteiger partial charge in [-0.2, -0.15) is 0 Å². The third-order valence-electron chi connectivity index (χ3n) is 3.54. The van der Waals surface area contributed by atoms with E-state index in [9.17, 15) is 9.90 Å². The van der Waals surface area contributed by atoms with Gasteiger partial charge < -0.3 is 15.1 Å². The average Bonchev–Trinajstić information content (AvgIpc) is 2.47. The Balaban J connectivity index is 3.07. The molecule has 4 heteroatoms. The van der Waals surface area contributed by atoms with Gasteiger partial charge in [0, 0.05) is 24.6 Å². The summed E-state index contributed by atoms with van der Waals surface area (Å²) >= 11 is 0. The molecule has 1 amide bonds. The summed E-state index contributed by atoms with van der Waals surface area (Å²) < 4.78 is 0. The molecule has 0 aliphatic rings. The zero-order valence-corrected chi connectivity index (χ0v) is 13.1. The van der Waals surface area contributed by atoms with Crippen LogP contribution in [0.1, 0.15) is 41.8 Å². The summed E-state index contributed by atoms with van der Waals surface area (Å²) in [4.78, 5) is 14.0. The Hall–Kier alpha value is -1.83. The molecule has 0 radical (unpaired) electrons. The Morgan fingerprint density at radius 2 is 2.00 bits per heavy atom. The van der Waals surface area contributed by atoms with Gasteiger partial charge in [-0.05, 0) is 38.5 Å². The van der Waals surface area contributed by atoms with Crippen molar-refractivity contribution >= 4 is 5.91 Å². The zero-order valence-electron chi connectivity index (χ0n) is 13.1. The normalized spacial score (nSPS) is 10.8. The minimum Gasteiger partial charge on any atom is -0.395 e. The van der Waals surface area contributed by atoms with Crippen LogP contribution in [0.25, 0.3) is 0 Å². The third-order valence-corrected chi connectivity index (χ3v) is 3.54. The maximum Gasteiger partial charge on any atom is 0.254 e. The number of aryl methyl sites for hydroxylation is 1. The van der Waals surface area contributed by atoms with Gasteiger partial charge in [0.05, 0.1) is 18.8 Å². The van der Waals surface area contributed by atoms with Crippen LogP contribution in [0.2, 0.25) is 0 Å². The molecule has 0 fully saturated rings. The minimum absolute atomic E-state index is 0.0259. The lowest BCUT2D eigenvalue weighted by Crippen LogP contribution is -2.47. The number of carbonyl (C=O) groups is 1. The summed E-state index contributed by atoms with van der Waals surface area (Å²) in [5.74, 6) is 5.68. The van der Waals surface area contributed by atoms with Crippen molar-refractivity contribution in [3.63, 3.8) is 0 Å². The summed E-state index contributed by atoms with van der Waals surface area (Å²) in [5, 5.41) is 18.1. The van der Waals surface area contributed by atoms with Gasteiger partial charge >= 0.3 is 0 Å². The molecule has 1 rings (SSSR count). The standard InChI is InChI=1S/C17H23NO3/c1-13-8-9-15(11-14(13)7-5-6-10-19)16(21)18(4)17(2,3)12-20/h8-9,11,19-20H,6,10,12H2,1-4H3. The molecule has 2 N–H and O–H groups in total. The van der Waals surface area contributed by atoms with Crippen LogP contribution in [0.4, 0.5) is 0 Å². The number of aliphatic hydroxyl groups is 2. The van der Waals surface area contributed by atoms with E-state index < -0.39 is 5.54 Å². The fourth-order valence-electron chi connectivity index (χ4n) is 1.68. The van der Waals surface area contributed by atoms with Gasteiger partial charge in [0.2, 0.25) is 0 Å². The molecular formula is C17H23NO3. The first kappa shape index (κ1) is 17.2. The molecular weight excluding hydrogens is 266 g/mol. The van der Waals surface area contributed by atoms with Crippen molar-refractivity contribution in [1.29, 1.82) is 0 Å². The van der Waals surface area contributed by atoms with Crippen molar-refractivity contribution in [3.05, 3.63) is 34.9 Å². The Kier molecular flexibility index (Phi) is 5.95. The Morgan fingerprint density at radius 3 is 2.57 bits per heavy atom. The molecule has 4 nitrogen and oxygen atoms in total. The third kappa shape index (κ3) is 4.32.